The summed E-state index contributed by atoms with van der Waals surface area (Å²) >= 11 is 3.39. The van der Waals surface area contributed by atoms with Crippen LogP contribution in [0.5, 0.6) is 5.75 Å². The van der Waals surface area contributed by atoms with Crippen molar-refractivity contribution < 1.29 is 14.6 Å². The molecule has 1 saturated carbocycles. The van der Waals surface area contributed by atoms with Crippen LogP contribution in [0.15, 0.2) is 22.7 Å². The van der Waals surface area contributed by atoms with E-state index in [4.69, 9.17) is 4.74 Å². The molecule has 1 amide bonds. The lowest BCUT2D eigenvalue weighted by atomic mass is 10.1. The quantitative estimate of drug-likeness (QED) is 0.872. The molecule has 4 nitrogen and oxygen atoms in total. The fourth-order valence-electron chi connectivity index (χ4n) is 1.86. The minimum Gasteiger partial charge on any atom is -0.496 e. The van der Waals surface area contributed by atoms with Gasteiger partial charge in [0.25, 0.3) is 0 Å². The highest BCUT2D eigenvalue weighted by atomic mass is 79.9. The number of aliphatic hydroxyl groups excluding tert-OH is 1. The van der Waals surface area contributed by atoms with Crippen molar-refractivity contribution in [1.29, 1.82) is 0 Å². The van der Waals surface area contributed by atoms with Crippen molar-refractivity contribution in [2.24, 2.45) is 5.41 Å². The van der Waals surface area contributed by atoms with Crippen LogP contribution in [0, 0.1) is 5.41 Å². The van der Waals surface area contributed by atoms with Gasteiger partial charge in [0.2, 0.25) is 5.91 Å². The van der Waals surface area contributed by atoms with E-state index in [0.717, 1.165) is 28.6 Å². The van der Waals surface area contributed by atoms with E-state index >= 15 is 0 Å². The van der Waals surface area contributed by atoms with E-state index in [1.807, 2.05) is 18.2 Å². The SMILES string of the molecule is COc1ccc(Br)cc1CNC(=O)C1(CO)CC1. The third-order valence-electron chi connectivity index (χ3n) is 3.32. The normalized spacial score (nSPS) is 16.2. The second kappa shape index (κ2) is 5.28. The molecule has 1 aliphatic carbocycles. The molecule has 0 spiro atoms. The third kappa shape index (κ3) is 2.67. The molecule has 0 aliphatic heterocycles. The number of nitrogens with one attached hydrogen (secondary N) is 1. The van der Waals surface area contributed by atoms with Crippen LogP contribution < -0.4 is 10.1 Å². The predicted molar refractivity (Wildman–Crippen MR) is 71.3 cm³/mol. The van der Waals surface area contributed by atoms with Crippen LogP contribution in [0.4, 0.5) is 0 Å². The summed E-state index contributed by atoms with van der Waals surface area (Å²) in [6.45, 7) is 0.331. The molecule has 98 valence electrons. The zero-order valence-electron chi connectivity index (χ0n) is 10.2. The first-order valence-electron chi connectivity index (χ1n) is 5.83. The fraction of sp³-hybridized carbons (Fsp3) is 0.462. The van der Waals surface area contributed by atoms with E-state index in [-0.39, 0.29) is 12.5 Å². The van der Waals surface area contributed by atoms with Gasteiger partial charge >= 0.3 is 0 Å². The monoisotopic (exact) mass is 313 g/mol. The van der Waals surface area contributed by atoms with E-state index in [9.17, 15) is 9.90 Å². The van der Waals surface area contributed by atoms with Crippen molar-refractivity contribution in [1.82, 2.24) is 5.32 Å². The molecule has 0 saturated heterocycles. The summed E-state index contributed by atoms with van der Waals surface area (Å²) in [5.74, 6) is 0.666. The van der Waals surface area contributed by atoms with Crippen molar-refractivity contribution in [3.63, 3.8) is 0 Å². The summed E-state index contributed by atoms with van der Waals surface area (Å²) < 4.78 is 6.18. The Morgan fingerprint density at radius 1 is 1.56 bits per heavy atom. The van der Waals surface area contributed by atoms with Gasteiger partial charge in [-0.15, -0.1) is 0 Å². The highest BCUT2D eigenvalue weighted by Gasteiger charge is 2.49. The van der Waals surface area contributed by atoms with Crippen LogP contribution in [0.3, 0.4) is 0 Å². The van der Waals surface area contributed by atoms with Crippen molar-refractivity contribution >= 4 is 21.8 Å². The molecule has 2 rings (SSSR count). The molecule has 0 atom stereocenters. The van der Waals surface area contributed by atoms with Crippen molar-refractivity contribution in [3.8, 4) is 5.75 Å². The van der Waals surface area contributed by atoms with Crippen LogP contribution in [0.1, 0.15) is 18.4 Å². The summed E-state index contributed by atoms with van der Waals surface area (Å²) in [4.78, 5) is 11.9. The van der Waals surface area contributed by atoms with Gasteiger partial charge in [-0.3, -0.25) is 4.79 Å². The molecular formula is C13H16BrNO3. The van der Waals surface area contributed by atoms with Gasteiger partial charge in [0.1, 0.15) is 5.75 Å². The van der Waals surface area contributed by atoms with Crippen LogP contribution in [0.25, 0.3) is 0 Å². The van der Waals surface area contributed by atoms with Gasteiger partial charge in [-0.2, -0.15) is 0 Å². The van der Waals surface area contributed by atoms with E-state index in [1.165, 1.54) is 0 Å². The first kappa shape index (κ1) is 13.4. The number of halogens is 1. The lowest BCUT2D eigenvalue weighted by Gasteiger charge is -2.14. The molecule has 2 N–H and O–H groups in total. The van der Waals surface area contributed by atoms with Gasteiger partial charge in [0.15, 0.2) is 0 Å². The number of aliphatic hydroxyl groups is 1. The molecule has 1 aromatic rings. The zero-order valence-corrected chi connectivity index (χ0v) is 11.8. The van der Waals surface area contributed by atoms with Gasteiger partial charge < -0.3 is 15.2 Å². The Morgan fingerprint density at radius 3 is 2.83 bits per heavy atom. The van der Waals surface area contributed by atoms with E-state index in [2.05, 4.69) is 21.2 Å². The highest BCUT2D eigenvalue weighted by molar-refractivity contribution is 9.10. The molecule has 0 heterocycles. The second-order valence-corrected chi connectivity index (χ2v) is 5.49. The van der Waals surface area contributed by atoms with Crippen LogP contribution in [0.2, 0.25) is 0 Å². The number of hydrogen-bond donors (Lipinski definition) is 2. The largest absolute Gasteiger partial charge is 0.496 e. The topological polar surface area (TPSA) is 58.6 Å². The standard InChI is InChI=1S/C13H16BrNO3/c1-18-11-3-2-10(14)6-9(11)7-15-12(17)13(8-16)4-5-13/h2-3,6,16H,4-5,7-8H2,1H3,(H,15,17). The first-order chi connectivity index (χ1) is 8.61. The Kier molecular flexibility index (Phi) is 3.92. The predicted octanol–water partition coefficient (Wildman–Crippen LogP) is 1.85. The molecule has 18 heavy (non-hydrogen) atoms. The number of methoxy groups -OCH3 is 1. The molecule has 5 heteroatoms. The molecule has 1 fully saturated rings. The third-order valence-corrected chi connectivity index (χ3v) is 3.81. The maximum absolute atomic E-state index is 11.9. The average molecular weight is 314 g/mol. The van der Waals surface area contributed by atoms with Gasteiger partial charge in [-0.05, 0) is 31.0 Å². The Bertz CT molecular complexity index is 458. The number of carbonyl (C=O) groups is 1. The second-order valence-electron chi connectivity index (χ2n) is 4.58. The average Bonchev–Trinajstić information content (AvgIpc) is 3.17. The molecule has 0 unspecified atom stereocenters. The van der Waals surface area contributed by atoms with Crippen LogP contribution >= 0.6 is 15.9 Å². The minimum absolute atomic E-state index is 0.0749. The summed E-state index contributed by atoms with van der Waals surface area (Å²) in [6, 6.07) is 5.66. The summed E-state index contributed by atoms with van der Waals surface area (Å²) in [5, 5.41) is 12.0. The lowest BCUT2D eigenvalue weighted by molar-refractivity contribution is -0.127. The van der Waals surface area contributed by atoms with Gasteiger partial charge in [-0.25, -0.2) is 0 Å². The molecular weight excluding hydrogens is 298 g/mol. The van der Waals surface area contributed by atoms with E-state index < -0.39 is 5.41 Å². The smallest absolute Gasteiger partial charge is 0.228 e. The zero-order chi connectivity index (χ0) is 13.2. The van der Waals surface area contributed by atoms with Crippen molar-refractivity contribution in [2.45, 2.75) is 19.4 Å². The fourth-order valence-corrected chi connectivity index (χ4v) is 2.26. The van der Waals surface area contributed by atoms with E-state index in [1.54, 1.807) is 7.11 Å². The van der Waals surface area contributed by atoms with Crippen LogP contribution in [-0.2, 0) is 11.3 Å². The molecule has 1 aliphatic rings. The molecule has 0 radical (unpaired) electrons. The summed E-state index contributed by atoms with van der Waals surface area (Å²) in [6.07, 6.45) is 1.54. The number of hydrogen-bond acceptors (Lipinski definition) is 3. The Morgan fingerprint density at radius 2 is 2.28 bits per heavy atom. The van der Waals surface area contributed by atoms with Crippen LogP contribution in [-0.4, -0.2) is 24.7 Å². The molecule has 1 aromatic carbocycles. The van der Waals surface area contributed by atoms with Crippen molar-refractivity contribution in [2.75, 3.05) is 13.7 Å². The first-order valence-corrected chi connectivity index (χ1v) is 6.62. The summed E-state index contributed by atoms with van der Waals surface area (Å²) in [5.41, 5.74) is 0.383. The maximum atomic E-state index is 11.9. The molecule has 0 bridgehead atoms. The minimum atomic E-state index is -0.529. The number of rotatable bonds is 5. The number of benzene rings is 1. The van der Waals surface area contributed by atoms with Crippen molar-refractivity contribution in [3.05, 3.63) is 28.2 Å². The number of ether oxygens (including phenoxy) is 1. The van der Waals surface area contributed by atoms with Gasteiger partial charge in [0.05, 0.1) is 19.1 Å². The Hall–Kier alpha value is -1.07. The van der Waals surface area contributed by atoms with Gasteiger partial charge in [-0.1, -0.05) is 15.9 Å². The Labute approximate surface area is 114 Å². The Balaban J connectivity index is 2.02. The number of amides is 1. The molecule has 0 aromatic heterocycles. The highest BCUT2D eigenvalue weighted by Crippen LogP contribution is 2.45. The van der Waals surface area contributed by atoms with Gasteiger partial charge in [0, 0.05) is 16.6 Å². The lowest BCUT2D eigenvalue weighted by Crippen LogP contribution is -2.33. The number of carbonyl (C=O) groups excluding carboxylic acids is 1. The van der Waals surface area contributed by atoms with E-state index in [0.29, 0.717) is 6.54 Å². The maximum Gasteiger partial charge on any atom is 0.228 e. The summed E-state index contributed by atoms with van der Waals surface area (Å²) in [7, 11) is 1.60.